The topological polar surface area (TPSA) is 48.0 Å². The van der Waals surface area contributed by atoms with Crippen LogP contribution in [0.2, 0.25) is 36.3 Å². The van der Waals surface area contributed by atoms with E-state index < -0.39 is 22.2 Å². The Hall–Kier alpha value is -0.636. The van der Waals surface area contributed by atoms with Crippen LogP contribution in [0, 0.1) is 0 Å². The molecule has 1 heterocycles. The van der Waals surface area contributed by atoms with Crippen molar-refractivity contribution in [2.45, 2.75) is 161 Å². The average molecular weight is 556 g/mol. The van der Waals surface area contributed by atoms with Crippen molar-refractivity contribution >= 4 is 22.7 Å². The number of amides is 1. The summed E-state index contributed by atoms with van der Waals surface area (Å²) in [5.74, 6) is 0. The molecule has 1 aliphatic heterocycles. The number of likely N-dealkylation sites (tertiary alicyclic amines) is 1. The second-order valence-electron chi connectivity index (χ2n) is 15.2. The molecule has 2 atom stereocenters. The van der Waals surface area contributed by atoms with Crippen LogP contribution >= 0.6 is 0 Å². The summed E-state index contributed by atoms with van der Waals surface area (Å²) in [6, 6.07) is 0. The minimum atomic E-state index is -1.98. The van der Waals surface area contributed by atoms with Crippen LogP contribution in [-0.2, 0) is 13.6 Å². The summed E-state index contributed by atoms with van der Waals surface area (Å²) in [5, 5.41) is 0.319. The quantitative estimate of drug-likeness (QED) is 0.145. The standard InChI is InChI=1S/C30H61NO4Si2/c1-15-16-17-20-30(21-18-19-22-33-36(11,12)28(5,6)7)23-25(35-37(13,14)29(8,9)10)24-31(30)26(32)34-27(2,3)4/h18,21,25H,15-17,19-20,22-24H2,1-14H3/b21-18-/t25-,30-/m1/s1. The highest BCUT2D eigenvalue weighted by Gasteiger charge is 2.50. The highest BCUT2D eigenvalue weighted by Crippen LogP contribution is 2.43. The summed E-state index contributed by atoms with van der Waals surface area (Å²) in [6.45, 7) is 32.2. The zero-order valence-corrected chi connectivity index (χ0v) is 29.0. The smallest absolute Gasteiger partial charge is 0.411 e. The summed E-state index contributed by atoms with van der Waals surface area (Å²) in [4.78, 5) is 15.5. The van der Waals surface area contributed by atoms with Gasteiger partial charge < -0.3 is 13.6 Å². The number of carbonyl (C=O) groups excluding carboxylic acids is 1. The molecule has 1 aliphatic rings. The van der Waals surface area contributed by atoms with Crippen molar-refractivity contribution in [2.75, 3.05) is 13.2 Å². The van der Waals surface area contributed by atoms with E-state index in [4.69, 9.17) is 13.6 Å². The van der Waals surface area contributed by atoms with E-state index in [0.29, 0.717) is 13.2 Å². The van der Waals surface area contributed by atoms with Gasteiger partial charge in [0.05, 0.1) is 11.6 Å². The van der Waals surface area contributed by atoms with E-state index in [-0.39, 0.29) is 27.8 Å². The van der Waals surface area contributed by atoms with Crippen molar-refractivity contribution in [3.05, 3.63) is 12.2 Å². The predicted molar refractivity (Wildman–Crippen MR) is 163 cm³/mol. The lowest BCUT2D eigenvalue weighted by Crippen LogP contribution is -2.48. The zero-order valence-electron chi connectivity index (χ0n) is 27.0. The molecule has 0 saturated carbocycles. The maximum absolute atomic E-state index is 13.6. The molecule has 5 nitrogen and oxygen atoms in total. The van der Waals surface area contributed by atoms with E-state index in [9.17, 15) is 4.79 Å². The first kappa shape index (κ1) is 34.4. The first-order chi connectivity index (χ1) is 16.6. The van der Waals surface area contributed by atoms with E-state index >= 15 is 0 Å². The van der Waals surface area contributed by atoms with Crippen molar-refractivity contribution in [1.82, 2.24) is 4.90 Å². The van der Waals surface area contributed by atoms with E-state index in [0.717, 1.165) is 38.5 Å². The number of nitrogens with zero attached hydrogens (tertiary/aromatic N) is 1. The van der Waals surface area contributed by atoms with Crippen LogP contribution in [0.4, 0.5) is 4.79 Å². The molecule has 218 valence electrons. The lowest BCUT2D eigenvalue weighted by atomic mass is 9.88. The molecule has 0 radical (unpaired) electrons. The van der Waals surface area contributed by atoms with Gasteiger partial charge in [-0.2, -0.15) is 0 Å². The second-order valence-corrected chi connectivity index (χ2v) is 24.7. The minimum absolute atomic E-state index is 0.0168. The zero-order chi connectivity index (χ0) is 28.9. The number of rotatable bonds is 11. The van der Waals surface area contributed by atoms with Crippen molar-refractivity contribution < 1.29 is 18.4 Å². The Kier molecular flexibility index (Phi) is 11.8. The highest BCUT2D eigenvalue weighted by molar-refractivity contribution is 6.74. The van der Waals surface area contributed by atoms with Crippen molar-refractivity contribution in [3.8, 4) is 0 Å². The van der Waals surface area contributed by atoms with Crippen molar-refractivity contribution in [1.29, 1.82) is 0 Å². The van der Waals surface area contributed by atoms with Crippen LogP contribution < -0.4 is 0 Å². The first-order valence-corrected chi connectivity index (χ1v) is 20.4. The van der Waals surface area contributed by atoms with E-state index in [1.165, 1.54) is 0 Å². The van der Waals surface area contributed by atoms with E-state index in [1.54, 1.807) is 0 Å². The monoisotopic (exact) mass is 555 g/mol. The second kappa shape index (κ2) is 12.7. The molecule has 0 aromatic rings. The molecule has 0 aromatic carbocycles. The molecule has 1 amide bonds. The van der Waals surface area contributed by atoms with Gasteiger partial charge in [0.15, 0.2) is 16.6 Å². The van der Waals surface area contributed by atoms with Crippen LogP contribution in [0.5, 0.6) is 0 Å². The number of ether oxygens (including phenoxy) is 1. The van der Waals surface area contributed by atoms with Gasteiger partial charge in [0, 0.05) is 19.6 Å². The van der Waals surface area contributed by atoms with Gasteiger partial charge in [-0.25, -0.2) is 4.79 Å². The van der Waals surface area contributed by atoms with Crippen molar-refractivity contribution in [3.63, 3.8) is 0 Å². The summed E-state index contributed by atoms with van der Waals surface area (Å²) < 4.78 is 19.2. The Morgan fingerprint density at radius 1 is 0.946 bits per heavy atom. The number of hydrogen-bond donors (Lipinski definition) is 0. The molecule has 0 spiro atoms. The van der Waals surface area contributed by atoms with Gasteiger partial charge in [-0.1, -0.05) is 79.9 Å². The largest absolute Gasteiger partial charge is 0.444 e. The van der Waals surface area contributed by atoms with Crippen LogP contribution in [0.1, 0.15) is 108 Å². The first-order valence-electron chi connectivity index (χ1n) is 14.6. The van der Waals surface area contributed by atoms with Gasteiger partial charge in [-0.15, -0.1) is 0 Å². The molecule has 0 unspecified atom stereocenters. The summed E-state index contributed by atoms with van der Waals surface area (Å²) in [6.07, 6.45) is 10.3. The number of hydrogen-bond acceptors (Lipinski definition) is 4. The summed E-state index contributed by atoms with van der Waals surface area (Å²) >= 11 is 0. The highest BCUT2D eigenvalue weighted by atomic mass is 28.4. The normalized spacial score (nSPS) is 22.2. The molecular formula is C30H61NO4Si2. The van der Waals surface area contributed by atoms with Gasteiger partial charge in [-0.3, -0.25) is 4.90 Å². The van der Waals surface area contributed by atoms with Gasteiger partial charge >= 0.3 is 6.09 Å². The van der Waals surface area contributed by atoms with Crippen LogP contribution in [0.25, 0.3) is 0 Å². The SMILES string of the molecule is CCCCC[C@@]1(/C=C\CCO[Si](C)(C)C(C)(C)C)C[C@@H](O[Si](C)(C)C(C)(C)C)CN1C(=O)OC(C)(C)C. The molecule has 1 saturated heterocycles. The van der Waals surface area contributed by atoms with Crippen LogP contribution in [0.3, 0.4) is 0 Å². The molecule has 1 fully saturated rings. The van der Waals surface area contributed by atoms with Crippen LogP contribution in [-0.4, -0.2) is 58.0 Å². The fourth-order valence-corrected chi connectivity index (χ4v) is 6.67. The predicted octanol–water partition coefficient (Wildman–Crippen LogP) is 9.30. The fourth-order valence-electron chi connectivity index (χ4n) is 4.26. The van der Waals surface area contributed by atoms with Gasteiger partial charge in [-0.05, 0) is 69.9 Å². The van der Waals surface area contributed by atoms with Crippen molar-refractivity contribution in [2.24, 2.45) is 0 Å². The third-order valence-corrected chi connectivity index (χ3v) is 17.7. The molecule has 0 N–H and O–H groups in total. The maximum Gasteiger partial charge on any atom is 0.411 e. The maximum atomic E-state index is 13.6. The van der Waals surface area contributed by atoms with Gasteiger partial charge in [0.25, 0.3) is 0 Å². The molecule has 7 heteroatoms. The molecule has 37 heavy (non-hydrogen) atoms. The lowest BCUT2D eigenvalue weighted by Gasteiger charge is -2.38. The fraction of sp³-hybridized carbons (Fsp3) is 0.900. The number of unbranched alkanes of at least 4 members (excludes halogenated alkanes) is 2. The molecule has 0 aliphatic carbocycles. The Bertz CT molecular complexity index is 759. The third-order valence-electron chi connectivity index (χ3n) is 8.58. The Balaban J connectivity index is 3.24. The molecule has 0 bridgehead atoms. The molecule has 1 rings (SSSR count). The molecular weight excluding hydrogens is 495 g/mol. The Morgan fingerprint density at radius 3 is 2.00 bits per heavy atom. The molecule has 0 aromatic heterocycles. The van der Waals surface area contributed by atoms with Crippen LogP contribution in [0.15, 0.2) is 12.2 Å². The lowest BCUT2D eigenvalue weighted by molar-refractivity contribution is 0.0124. The third kappa shape index (κ3) is 10.1. The summed E-state index contributed by atoms with van der Waals surface area (Å²) in [7, 11) is -3.76. The summed E-state index contributed by atoms with van der Waals surface area (Å²) in [5.41, 5.74) is -0.924. The van der Waals surface area contributed by atoms with Gasteiger partial charge in [0.1, 0.15) is 5.60 Å². The van der Waals surface area contributed by atoms with E-state index in [1.807, 2.05) is 25.7 Å². The van der Waals surface area contributed by atoms with E-state index in [2.05, 4.69) is 86.8 Å². The Morgan fingerprint density at radius 2 is 1.51 bits per heavy atom. The Labute approximate surface area is 232 Å². The average Bonchev–Trinajstić information content (AvgIpc) is 3.02. The van der Waals surface area contributed by atoms with Gasteiger partial charge in [0.2, 0.25) is 0 Å². The minimum Gasteiger partial charge on any atom is -0.444 e. The number of carbonyl (C=O) groups is 1.